The van der Waals surface area contributed by atoms with Crippen LogP contribution in [0.4, 0.5) is 0 Å². The van der Waals surface area contributed by atoms with Gasteiger partial charge in [0.05, 0.1) is 0 Å². The summed E-state index contributed by atoms with van der Waals surface area (Å²) >= 11 is 0. The Morgan fingerprint density at radius 1 is 0.905 bits per heavy atom. The second-order valence-corrected chi connectivity index (χ2v) is 8.42. The van der Waals surface area contributed by atoms with Crippen LogP contribution in [0, 0.1) is 35.0 Å². The van der Waals surface area contributed by atoms with Gasteiger partial charge in [-0.25, -0.2) is 0 Å². The van der Waals surface area contributed by atoms with Crippen molar-refractivity contribution in [2.75, 3.05) is 0 Å². The lowest BCUT2D eigenvalue weighted by Crippen LogP contribution is -2.13. The number of hydrogen-bond donors (Lipinski definition) is 0. The van der Waals surface area contributed by atoms with Crippen molar-refractivity contribution in [1.82, 2.24) is 0 Å². The van der Waals surface area contributed by atoms with Gasteiger partial charge in [-0.2, -0.15) is 0 Å². The quantitative estimate of drug-likeness (QED) is 0.398. The molecule has 0 N–H and O–H groups in total. The molecule has 0 aromatic carbocycles. The Morgan fingerprint density at radius 3 is 2.24 bits per heavy atom. The molecule has 2 saturated carbocycles. The summed E-state index contributed by atoms with van der Waals surface area (Å²) in [4.78, 5) is 0. The predicted octanol–water partition coefficient (Wildman–Crippen LogP) is 7.08. The van der Waals surface area contributed by atoms with Crippen molar-refractivity contribution >= 4 is 0 Å². The smallest absolute Gasteiger partial charge is 0.0240 e. The van der Waals surface area contributed by atoms with E-state index < -0.39 is 0 Å². The monoisotopic (exact) mass is 292 g/mol. The molecule has 6 atom stereocenters. The number of unbranched alkanes of at least 4 members (excludes halogenated alkanes) is 2. The van der Waals surface area contributed by atoms with Gasteiger partial charge in [0.25, 0.3) is 0 Å². The van der Waals surface area contributed by atoms with Crippen molar-refractivity contribution in [2.45, 2.75) is 98.8 Å². The second-order valence-electron chi connectivity index (χ2n) is 8.42. The van der Waals surface area contributed by atoms with Crippen LogP contribution in [0.2, 0.25) is 0 Å². The number of hydrogen-bond acceptors (Lipinski definition) is 0. The van der Waals surface area contributed by atoms with Gasteiger partial charge in [-0.15, -0.1) is 0 Å². The Kier molecular flexibility index (Phi) is 6.21. The Morgan fingerprint density at radius 2 is 1.62 bits per heavy atom. The van der Waals surface area contributed by atoms with Gasteiger partial charge in [-0.3, -0.25) is 0 Å². The molecule has 6 unspecified atom stereocenters. The molecule has 0 aliphatic heterocycles. The first-order valence-corrected chi connectivity index (χ1v) is 10.1. The molecular weight excluding hydrogens is 252 g/mol. The summed E-state index contributed by atoms with van der Waals surface area (Å²) in [6.07, 6.45) is 14.7. The first-order valence-electron chi connectivity index (χ1n) is 10.1. The maximum atomic E-state index is 2.57. The zero-order chi connectivity index (χ0) is 15.5. The lowest BCUT2D eigenvalue weighted by Gasteiger charge is -2.22. The van der Waals surface area contributed by atoms with Crippen LogP contribution in [0.5, 0.6) is 0 Å². The van der Waals surface area contributed by atoms with Gasteiger partial charge in [0, 0.05) is 0 Å². The summed E-state index contributed by atoms with van der Waals surface area (Å²) < 4.78 is 0. The molecule has 0 amide bonds. The maximum absolute atomic E-state index is 2.57. The first kappa shape index (κ1) is 17.4. The van der Waals surface area contributed by atoms with Crippen molar-refractivity contribution in [3.05, 3.63) is 0 Å². The third-order valence-corrected chi connectivity index (χ3v) is 7.66. The second kappa shape index (κ2) is 7.51. The van der Waals surface area contributed by atoms with Crippen LogP contribution in [0.25, 0.3) is 0 Å². The van der Waals surface area contributed by atoms with Gasteiger partial charge in [-0.05, 0) is 67.1 Å². The van der Waals surface area contributed by atoms with Crippen LogP contribution in [0.15, 0.2) is 0 Å². The van der Waals surface area contributed by atoms with Crippen LogP contribution in [0.3, 0.4) is 0 Å². The Hall–Kier alpha value is 0. The summed E-state index contributed by atoms with van der Waals surface area (Å²) in [6.45, 7) is 12.3. The summed E-state index contributed by atoms with van der Waals surface area (Å²) in [6, 6.07) is 0. The highest BCUT2D eigenvalue weighted by atomic mass is 14.6. The molecule has 2 aliphatic carbocycles. The normalized spacial score (nSPS) is 42.4. The highest BCUT2D eigenvalue weighted by Gasteiger charge is 2.59. The molecule has 2 aliphatic rings. The standard InChI is InChI=1S/C21H40/c1-6-9-10-14-21(8-3)17(5)20(21)15-19-13-12-18(11-7-2)16(19)4/h16-20H,6-15H2,1-5H3. The van der Waals surface area contributed by atoms with E-state index in [0.29, 0.717) is 0 Å². The molecule has 0 heterocycles. The van der Waals surface area contributed by atoms with Crippen molar-refractivity contribution in [2.24, 2.45) is 35.0 Å². The number of rotatable bonds is 9. The molecule has 124 valence electrons. The van der Waals surface area contributed by atoms with Crippen LogP contribution in [0.1, 0.15) is 98.8 Å². The van der Waals surface area contributed by atoms with E-state index in [1.54, 1.807) is 6.42 Å². The molecule has 0 heteroatoms. The minimum Gasteiger partial charge on any atom is -0.0654 e. The molecule has 2 fully saturated rings. The van der Waals surface area contributed by atoms with Gasteiger partial charge in [0.1, 0.15) is 0 Å². The minimum absolute atomic E-state index is 0.748. The van der Waals surface area contributed by atoms with Gasteiger partial charge < -0.3 is 0 Å². The van der Waals surface area contributed by atoms with E-state index in [2.05, 4.69) is 34.6 Å². The molecule has 21 heavy (non-hydrogen) atoms. The average molecular weight is 293 g/mol. The molecule has 0 bridgehead atoms. The largest absolute Gasteiger partial charge is 0.0654 e. The summed E-state index contributed by atoms with van der Waals surface area (Å²) in [5.74, 6) is 5.17. The molecular formula is C21H40. The van der Waals surface area contributed by atoms with E-state index in [1.807, 2.05) is 0 Å². The summed E-state index contributed by atoms with van der Waals surface area (Å²) in [5.41, 5.74) is 0.748. The van der Waals surface area contributed by atoms with Gasteiger partial charge >= 0.3 is 0 Å². The third-order valence-electron chi connectivity index (χ3n) is 7.66. The zero-order valence-electron chi connectivity index (χ0n) is 15.5. The Labute approximate surface area is 134 Å². The molecule has 0 spiro atoms. The molecule has 0 nitrogen and oxygen atoms in total. The molecule has 0 radical (unpaired) electrons. The van der Waals surface area contributed by atoms with Crippen molar-refractivity contribution in [3.63, 3.8) is 0 Å². The minimum atomic E-state index is 0.748. The lowest BCUT2D eigenvalue weighted by molar-refractivity contribution is 0.276. The first-order chi connectivity index (χ1) is 10.1. The van der Waals surface area contributed by atoms with Gasteiger partial charge in [0.2, 0.25) is 0 Å². The third kappa shape index (κ3) is 3.50. The molecule has 0 aromatic heterocycles. The topological polar surface area (TPSA) is 0 Å². The van der Waals surface area contributed by atoms with E-state index in [0.717, 1.165) is 35.0 Å². The van der Waals surface area contributed by atoms with E-state index in [9.17, 15) is 0 Å². The van der Waals surface area contributed by atoms with E-state index in [4.69, 9.17) is 0 Å². The summed E-state index contributed by atoms with van der Waals surface area (Å²) in [5, 5.41) is 0. The lowest BCUT2D eigenvalue weighted by atomic mass is 9.83. The van der Waals surface area contributed by atoms with Gasteiger partial charge in [0.15, 0.2) is 0 Å². The zero-order valence-corrected chi connectivity index (χ0v) is 15.5. The maximum Gasteiger partial charge on any atom is -0.0240 e. The van der Waals surface area contributed by atoms with Crippen LogP contribution in [-0.4, -0.2) is 0 Å². The van der Waals surface area contributed by atoms with Crippen LogP contribution >= 0.6 is 0 Å². The van der Waals surface area contributed by atoms with E-state index in [1.165, 1.54) is 57.8 Å². The van der Waals surface area contributed by atoms with E-state index >= 15 is 0 Å². The van der Waals surface area contributed by atoms with Gasteiger partial charge in [-0.1, -0.05) is 66.7 Å². The average Bonchev–Trinajstić information content (AvgIpc) is 2.86. The predicted molar refractivity (Wildman–Crippen MR) is 94.4 cm³/mol. The highest BCUT2D eigenvalue weighted by molar-refractivity contribution is 5.08. The SMILES string of the molecule is CCCCCC1(CC)C(C)C1CC1CCC(CCC)C1C. The fourth-order valence-corrected chi connectivity index (χ4v) is 5.89. The molecule has 0 saturated heterocycles. The summed E-state index contributed by atoms with van der Waals surface area (Å²) in [7, 11) is 0. The Balaban J connectivity index is 1.85. The fraction of sp³-hybridized carbons (Fsp3) is 1.00. The molecule has 2 rings (SSSR count). The fourth-order valence-electron chi connectivity index (χ4n) is 5.89. The Bertz CT molecular complexity index is 307. The van der Waals surface area contributed by atoms with E-state index in [-0.39, 0.29) is 0 Å². The highest BCUT2D eigenvalue weighted by Crippen LogP contribution is 2.67. The molecule has 0 aromatic rings. The van der Waals surface area contributed by atoms with Crippen molar-refractivity contribution < 1.29 is 0 Å². The van der Waals surface area contributed by atoms with Crippen LogP contribution in [-0.2, 0) is 0 Å². The van der Waals surface area contributed by atoms with Crippen molar-refractivity contribution in [1.29, 1.82) is 0 Å². The van der Waals surface area contributed by atoms with Crippen molar-refractivity contribution in [3.8, 4) is 0 Å². The van der Waals surface area contributed by atoms with Crippen LogP contribution < -0.4 is 0 Å².